The molecule has 18 heavy (non-hydrogen) atoms. The first-order valence-electron chi connectivity index (χ1n) is 5.12. The molecule has 0 radical (unpaired) electrons. The second kappa shape index (κ2) is 5.42. The van der Waals surface area contributed by atoms with Gasteiger partial charge in [-0.3, -0.25) is 0 Å². The van der Waals surface area contributed by atoms with Crippen molar-refractivity contribution in [1.82, 2.24) is 0 Å². The number of halogens is 2. The van der Waals surface area contributed by atoms with Crippen LogP contribution in [0.1, 0.15) is 5.56 Å². The van der Waals surface area contributed by atoms with Crippen molar-refractivity contribution in [3.8, 4) is 6.07 Å². The molecule has 0 unspecified atom stereocenters. The lowest BCUT2D eigenvalue weighted by Gasteiger charge is -2.11. The molecule has 3 nitrogen and oxygen atoms in total. The zero-order valence-electron chi connectivity index (χ0n) is 9.24. The Balaban J connectivity index is 2.32. The van der Waals surface area contributed by atoms with E-state index in [1.54, 1.807) is 12.1 Å². The summed E-state index contributed by atoms with van der Waals surface area (Å²) < 4.78 is 1.76. The van der Waals surface area contributed by atoms with Crippen LogP contribution in [0.15, 0.2) is 45.3 Å². The number of nitriles is 1. The molecule has 0 heterocycles. The molecule has 2 aromatic rings. The number of nitrogen functional groups attached to an aromatic ring is 1. The third-order valence-electron chi connectivity index (χ3n) is 2.38. The fraction of sp³-hybridized carbons (Fsp3) is 0. The van der Waals surface area contributed by atoms with Gasteiger partial charge in [0.1, 0.15) is 0 Å². The quantitative estimate of drug-likeness (QED) is 0.774. The first-order chi connectivity index (χ1) is 8.60. The maximum absolute atomic E-state index is 8.80. The van der Waals surface area contributed by atoms with Gasteiger partial charge < -0.3 is 11.1 Å². The Bertz CT molecular complexity index is 633. The maximum Gasteiger partial charge on any atom is 0.0992 e. The second-order valence-corrected chi connectivity index (χ2v) is 5.43. The minimum atomic E-state index is 0.608. The molecule has 2 aromatic carbocycles. The standard InChI is InChI=1S/C13H9Br2N3/c14-9-2-4-13(11(17)6-9)18-12-3-1-8(7-16)5-10(12)15/h1-6,18H,17H2. The summed E-state index contributed by atoms with van der Waals surface area (Å²) in [6.07, 6.45) is 0. The Morgan fingerprint density at radius 3 is 2.39 bits per heavy atom. The van der Waals surface area contributed by atoms with Gasteiger partial charge in [0.2, 0.25) is 0 Å². The molecule has 0 saturated carbocycles. The molecule has 0 fully saturated rings. The summed E-state index contributed by atoms with van der Waals surface area (Å²) in [6, 6.07) is 13.1. The van der Waals surface area contributed by atoms with E-state index >= 15 is 0 Å². The largest absolute Gasteiger partial charge is 0.397 e. The zero-order valence-corrected chi connectivity index (χ0v) is 12.4. The van der Waals surface area contributed by atoms with Crippen molar-refractivity contribution in [1.29, 1.82) is 5.26 Å². The summed E-state index contributed by atoms with van der Waals surface area (Å²) in [5.74, 6) is 0. The smallest absolute Gasteiger partial charge is 0.0992 e. The predicted molar refractivity (Wildman–Crippen MR) is 80.7 cm³/mol. The Morgan fingerprint density at radius 1 is 1.06 bits per heavy atom. The first-order valence-corrected chi connectivity index (χ1v) is 6.70. The van der Waals surface area contributed by atoms with E-state index in [1.165, 1.54) is 0 Å². The number of benzene rings is 2. The minimum absolute atomic E-state index is 0.608. The number of anilines is 3. The van der Waals surface area contributed by atoms with Crippen LogP contribution in [0, 0.1) is 11.3 Å². The van der Waals surface area contributed by atoms with Crippen LogP contribution in [0.4, 0.5) is 17.1 Å². The normalized spacial score (nSPS) is 9.83. The summed E-state index contributed by atoms with van der Waals surface area (Å²) in [7, 11) is 0. The lowest BCUT2D eigenvalue weighted by Crippen LogP contribution is -1.97. The molecule has 0 spiro atoms. The van der Waals surface area contributed by atoms with Crippen LogP contribution in [-0.2, 0) is 0 Å². The van der Waals surface area contributed by atoms with E-state index in [-0.39, 0.29) is 0 Å². The molecule has 2 rings (SSSR count). The summed E-state index contributed by atoms with van der Waals surface area (Å²) in [6.45, 7) is 0. The maximum atomic E-state index is 8.80. The number of hydrogen-bond donors (Lipinski definition) is 2. The highest BCUT2D eigenvalue weighted by atomic mass is 79.9. The van der Waals surface area contributed by atoms with Gasteiger partial charge in [-0.2, -0.15) is 5.26 Å². The highest BCUT2D eigenvalue weighted by Gasteiger charge is 2.04. The molecule has 0 aromatic heterocycles. The predicted octanol–water partition coefficient (Wildman–Crippen LogP) is 4.41. The van der Waals surface area contributed by atoms with Crippen molar-refractivity contribution in [2.45, 2.75) is 0 Å². The Hall–Kier alpha value is -1.51. The molecule has 0 aliphatic heterocycles. The summed E-state index contributed by atoms with van der Waals surface area (Å²) in [5, 5.41) is 12.0. The van der Waals surface area contributed by atoms with Gasteiger partial charge in [0.25, 0.3) is 0 Å². The van der Waals surface area contributed by atoms with Crippen molar-refractivity contribution in [3.63, 3.8) is 0 Å². The highest BCUT2D eigenvalue weighted by molar-refractivity contribution is 9.10. The molecule has 3 N–H and O–H groups in total. The molecule has 0 atom stereocenters. The van der Waals surface area contributed by atoms with E-state index in [1.807, 2.05) is 24.3 Å². The van der Waals surface area contributed by atoms with Crippen molar-refractivity contribution in [2.75, 3.05) is 11.1 Å². The first kappa shape index (κ1) is 12.9. The lowest BCUT2D eigenvalue weighted by molar-refractivity contribution is 1.46. The summed E-state index contributed by atoms with van der Waals surface area (Å²) in [4.78, 5) is 0. The number of nitrogens with one attached hydrogen (secondary N) is 1. The van der Waals surface area contributed by atoms with E-state index in [9.17, 15) is 0 Å². The number of nitrogens with zero attached hydrogens (tertiary/aromatic N) is 1. The van der Waals surface area contributed by atoms with E-state index < -0.39 is 0 Å². The van der Waals surface area contributed by atoms with Crippen LogP contribution in [0.25, 0.3) is 0 Å². The van der Waals surface area contributed by atoms with Crippen molar-refractivity contribution >= 4 is 48.9 Å². The molecule has 0 aliphatic rings. The fourth-order valence-electron chi connectivity index (χ4n) is 1.48. The minimum Gasteiger partial charge on any atom is -0.397 e. The SMILES string of the molecule is N#Cc1ccc(Nc2ccc(Br)cc2N)c(Br)c1. The van der Waals surface area contributed by atoms with Crippen LogP contribution < -0.4 is 11.1 Å². The number of nitrogens with two attached hydrogens (primary N) is 1. The molecule has 0 amide bonds. The molecule has 0 bridgehead atoms. The van der Waals surface area contributed by atoms with Crippen LogP contribution in [0.2, 0.25) is 0 Å². The summed E-state index contributed by atoms with van der Waals surface area (Å²) >= 11 is 6.78. The molecule has 90 valence electrons. The average molecular weight is 367 g/mol. The van der Waals surface area contributed by atoms with Gasteiger partial charge in [-0.15, -0.1) is 0 Å². The van der Waals surface area contributed by atoms with Crippen LogP contribution >= 0.6 is 31.9 Å². The van der Waals surface area contributed by atoms with Gasteiger partial charge in [0, 0.05) is 8.95 Å². The van der Waals surface area contributed by atoms with Crippen molar-refractivity contribution < 1.29 is 0 Å². The van der Waals surface area contributed by atoms with Crippen LogP contribution in [0.3, 0.4) is 0 Å². The summed E-state index contributed by atoms with van der Waals surface area (Å²) in [5.41, 5.74) is 8.86. The van der Waals surface area contributed by atoms with Gasteiger partial charge in [-0.1, -0.05) is 15.9 Å². The molecule has 0 aliphatic carbocycles. The third-order valence-corrected chi connectivity index (χ3v) is 3.53. The van der Waals surface area contributed by atoms with E-state index in [0.29, 0.717) is 11.3 Å². The van der Waals surface area contributed by atoms with E-state index in [2.05, 4.69) is 43.2 Å². The average Bonchev–Trinajstić information content (AvgIpc) is 2.34. The Kier molecular flexibility index (Phi) is 3.90. The number of rotatable bonds is 2. The second-order valence-electron chi connectivity index (χ2n) is 3.66. The number of hydrogen-bond acceptors (Lipinski definition) is 3. The monoisotopic (exact) mass is 365 g/mol. The lowest BCUT2D eigenvalue weighted by atomic mass is 10.2. The van der Waals surface area contributed by atoms with Gasteiger partial charge >= 0.3 is 0 Å². The van der Waals surface area contributed by atoms with Crippen LogP contribution in [0.5, 0.6) is 0 Å². The molecule has 5 heteroatoms. The molecular weight excluding hydrogens is 358 g/mol. The zero-order chi connectivity index (χ0) is 13.1. The van der Waals surface area contributed by atoms with Gasteiger partial charge in [0.05, 0.1) is 28.7 Å². The van der Waals surface area contributed by atoms with Gasteiger partial charge in [-0.05, 0) is 52.3 Å². The molecule has 0 saturated heterocycles. The highest BCUT2D eigenvalue weighted by Crippen LogP contribution is 2.30. The van der Waals surface area contributed by atoms with Gasteiger partial charge in [0.15, 0.2) is 0 Å². The topological polar surface area (TPSA) is 61.8 Å². The third kappa shape index (κ3) is 2.84. The Labute approximate surface area is 122 Å². The van der Waals surface area contributed by atoms with Gasteiger partial charge in [-0.25, -0.2) is 0 Å². The van der Waals surface area contributed by atoms with E-state index in [0.717, 1.165) is 20.3 Å². The Morgan fingerprint density at radius 2 is 1.78 bits per heavy atom. The van der Waals surface area contributed by atoms with Crippen molar-refractivity contribution in [3.05, 3.63) is 50.9 Å². The van der Waals surface area contributed by atoms with E-state index in [4.69, 9.17) is 11.0 Å². The molecular formula is C13H9Br2N3. The van der Waals surface area contributed by atoms with Crippen molar-refractivity contribution in [2.24, 2.45) is 0 Å². The fourth-order valence-corrected chi connectivity index (χ4v) is 2.34. The van der Waals surface area contributed by atoms with Crippen LogP contribution in [-0.4, -0.2) is 0 Å².